The fourth-order valence-electron chi connectivity index (χ4n) is 1.02. The first-order valence-electron chi connectivity index (χ1n) is 5.17. The predicted octanol–water partition coefficient (Wildman–Crippen LogP) is 2.28. The van der Waals surface area contributed by atoms with E-state index in [0.717, 1.165) is 6.42 Å². The molecule has 0 saturated heterocycles. The second-order valence-electron chi connectivity index (χ2n) is 3.62. The lowest BCUT2D eigenvalue weighted by Crippen LogP contribution is -2.16. The van der Waals surface area contributed by atoms with E-state index in [4.69, 9.17) is 14.4 Å². The SMILES string of the molecule is CCC#CC[C@H](C)C(=O)C(C)C.O=[P+](O)O. The zero-order valence-electron chi connectivity index (χ0n) is 10.2. The maximum atomic E-state index is 11.4. The Morgan fingerprint density at radius 2 is 1.69 bits per heavy atom. The Kier molecular flexibility index (Phi) is 11.9. The Morgan fingerprint density at radius 3 is 2.00 bits per heavy atom. The highest BCUT2D eigenvalue weighted by Crippen LogP contribution is 2.09. The van der Waals surface area contributed by atoms with Crippen LogP contribution in [0.4, 0.5) is 0 Å². The first kappa shape index (κ1) is 17.6. The summed E-state index contributed by atoms with van der Waals surface area (Å²) < 4.78 is 8.70. The Morgan fingerprint density at radius 1 is 1.25 bits per heavy atom. The van der Waals surface area contributed by atoms with Crippen molar-refractivity contribution >= 4 is 14.0 Å². The van der Waals surface area contributed by atoms with Gasteiger partial charge in [-0.05, 0) is 0 Å². The highest BCUT2D eigenvalue weighted by Gasteiger charge is 2.14. The Labute approximate surface area is 98.0 Å². The Balaban J connectivity index is 0. The molecule has 0 bridgehead atoms. The van der Waals surface area contributed by atoms with Gasteiger partial charge in [-0.25, -0.2) is 0 Å². The Hall–Kier alpha value is -0.750. The van der Waals surface area contributed by atoms with Crippen molar-refractivity contribution in [3.8, 4) is 11.8 Å². The molecule has 0 aliphatic rings. The third-order valence-electron chi connectivity index (χ3n) is 1.76. The normalized spacial score (nSPS) is 10.7. The number of hydrogen-bond donors (Lipinski definition) is 2. The van der Waals surface area contributed by atoms with Crippen LogP contribution in [0.5, 0.6) is 0 Å². The van der Waals surface area contributed by atoms with E-state index in [9.17, 15) is 4.79 Å². The van der Waals surface area contributed by atoms with E-state index in [1.807, 2.05) is 27.7 Å². The molecule has 0 aromatic heterocycles. The van der Waals surface area contributed by atoms with Gasteiger partial charge in [0.25, 0.3) is 0 Å². The minimum atomic E-state index is -2.87. The number of carbonyl (C=O) groups excluding carboxylic acids is 1. The molecular formula is C11H20O4P+. The average molecular weight is 247 g/mol. The largest absolute Gasteiger partial charge is 0.692 e. The molecular weight excluding hydrogens is 227 g/mol. The van der Waals surface area contributed by atoms with Gasteiger partial charge in [0.05, 0.1) is 0 Å². The van der Waals surface area contributed by atoms with Gasteiger partial charge in [-0.1, -0.05) is 27.7 Å². The smallest absolute Gasteiger partial charge is 0.299 e. The lowest BCUT2D eigenvalue weighted by molar-refractivity contribution is -0.125. The molecule has 92 valence electrons. The van der Waals surface area contributed by atoms with Gasteiger partial charge in [0, 0.05) is 29.2 Å². The molecule has 16 heavy (non-hydrogen) atoms. The van der Waals surface area contributed by atoms with Gasteiger partial charge < -0.3 is 0 Å². The molecule has 4 nitrogen and oxygen atoms in total. The van der Waals surface area contributed by atoms with Crippen molar-refractivity contribution in [3.63, 3.8) is 0 Å². The van der Waals surface area contributed by atoms with Crippen molar-refractivity contribution in [3.05, 3.63) is 0 Å². The van der Waals surface area contributed by atoms with Crippen LogP contribution in [0.15, 0.2) is 0 Å². The minimum Gasteiger partial charge on any atom is -0.299 e. The fourth-order valence-corrected chi connectivity index (χ4v) is 1.02. The summed E-state index contributed by atoms with van der Waals surface area (Å²) in [6.45, 7) is 7.84. The highest BCUT2D eigenvalue weighted by atomic mass is 31.1. The van der Waals surface area contributed by atoms with E-state index < -0.39 is 8.25 Å². The topological polar surface area (TPSA) is 74.6 Å². The molecule has 0 fully saturated rings. The third-order valence-corrected chi connectivity index (χ3v) is 1.76. The van der Waals surface area contributed by atoms with Crippen LogP contribution in [0.25, 0.3) is 0 Å². The zero-order chi connectivity index (χ0) is 13.1. The number of hydrogen-bond acceptors (Lipinski definition) is 2. The summed E-state index contributed by atoms with van der Waals surface area (Å²) in [6, 6.07) is 0. The number of rotatable bonds is 3. The van der Waals surface area contributed by atoms with Crippen LogP contribution in [-0.4, -0.2) is 15.6 Å². The molecule has 0 rings (SSSR count). The second-order valence-corrected chi connectivity index (χ2v) is 4.13. The van der Waals surface area contributed by atoms with Crippen molar-refractivity contribution in [2.45, 2.75) is 40.5 Å². The summed E-state index contributed by atoms with van der Waals surface area (Å²) in [7, 11) is -2.87. The molecule has 0 unspecified atom stereocenters. The molecule has 0 heterocycles. The molecule has 1 atom stereocenters. The van der Waals surface area contributed by atoms with Crippen LogP contribution in [0.2, 0.25) is 0 Å². The van der Waals surface area contributed by atoms with Gasteiger partial charge in [0.1, 0.15) is 5.78 Å². The lowest BCUT2D eigenvalue weighted by Gasteiger charge is -2.08. The maximum Gasteiger partial charge on any atom is 0.692 e. The van der Waals surface area contributed by atoms with Crippen molar-refractivity contribution in [2.24, 2.45) is 11.8 Å². The van der Waals surface area contributed by atoms with E-state index in [1.165, 1.54) is 0 Å². The first-order valence-corrected chi connectivity index (χ1v) is 6.33. The molecule has 5 heteroatoms. The lowest BCUT2D eigenvalue weighted by atomic mass is 9.94. The molecule has 0 aliphatic heterocycles. The fraction of sp³-hybridized carbons (Fsp3) is 0.727. The van der Waals surface area contributed by atoms with Gasteiger partial charge in [-0.15, -0.1) is 21.6 Å². The number of carbonyl (C=O) groups is 1. The van der Waals surface area contributed by atoms with Crippen molar-refractivity contribution in [1.82, 2.24) is 0 Å². The van der Waals surface area contributed by atoms with Crippen molar-refractivity contribution < 1.29 is 19.1 Å². The summed E-state index contributed by atoms with van der Waals surface area (Å²) in [4.78, 5) is 25.6. The monoisotopic (exact) mass is 247 g/mol. The van der Waals surface area contributed by atoms with Crippen molar-refractivity contribution in [1.29, 1.82) is 0 Å². The van der Waals surface area contributed by atoms with Gasteiger partial charge in [0.15, 0.2) is 0 Å². The summed E-state index contributed by atoms with van der Waals surface area (Å²) in [6.07, 6.45) is 1.59. The molecule has 0 aliphatic carbocycles. The standard InChI is InChI=1S/C11H18O.HO3P/c1-5-6-7-8-10(4)11(12)9(2)3;1-4(2)3/h9-10H,5,8H2,1-4H3;(H-,1,2,3)/p+1/t10-;/m0./s1. The minimum absolute atomic E-state index is 0.101. The average Bonchev–Trinajstić information content (AvgIpc) is 2.15. The summed E-state index contributed by atoms with van der Waals surface area (Å²) in [5.74, 6) is 6.53. The third kappa shape index (κ3) is 13.2. The van der Waals surface area contributed by atoms with E-state index in [2.05, 4.69) is 11.8 Å². The van der Waals surface area contributed by atoms with Gasteiger partial charge >= 0.3 is 8.25 Å². The molecule has 0 radical (unpaired) electrons. The van der Waals surface area contributed by atoms with Gasteiger partial charge in [-0.2, -0.15) is 0 Å². The summed E-state index contributed by atoms with van der Waals surface area (Å²) in [5.41, 5.74) is 0. The van der Waals surface area contributed by atoms with Crippen LogP contribution < -0.4 is 0 Å². The molecule has 0 aromatic carbocycles. The van der Waals surface area contributed by atoms with Crippen LogP contribution in [-0.2, 0) is 9.36 Å². The molecule has 0 spiro atoms. The number of ketones is 1. The summed E-state index contributed by atoms with van der Waals surface area (Å²) in [5, 5.41) is 0. The van der Waals surface area contributed by atoms with Crippen LogP contribution in [0, 0.1) is 23.7 Å². The molecule has 2 N–H and O–H groups in total. The van der Waals surface area contributed by atoms with Crippen LogP contribution in [0.1, 0.15) is 40.5 Å². The number of Topliss-reactive ketones (excluding diaryl/α,β-unsaturated/α-hetero) is 1. The van der Waals surface area contributed by atoms with Gasteiger partial charge in [0.2, 0.25) is 0 Å². The quantitative estimate of drug-likeness (QED) is 0.592. The van der Waals surface area contributed by atoms with Crippen LogP contribution >= 0.6 is 8.25 Å². The molecule has 0 saturated carbocycles. The maximum absolute atomic E-state index is 11.4. The predicted molar refractivity (Wildman–Crippen MR) is 63.7 cm³/mol. The second kappa shape index (κ2) is 10.8. The summed E-state index contributed by atoms with van der Waals surface area (Å²) >= 11 is 0. The van der Waals surface area contributed by atoms with E-state index in [-0.39, 0.29) is 11.8 Å². The van der Waals surface area contributed by atoms with Crippen molar-refractivity contribution in [2.75, 3.05) is 0 Å². The zero-order valence-corrected chi connectivity index (χ0v) is 11.1. The van der Waals surface area contributed by atoms with E-state index in [0.29, 0.717) is 12.2 Å². The molecule has 0 amide bonds. The van der Waals surface area contributed by atoms with Gasteiger partial charge in [-0.3, -0.25) is 4.79 Å². The highest BCUT2D eigenvalue weighted by molar-refractivity contribution is 7.30. The Bertz CT molecular complexity index is 271. The molecule has 0 aromatic rings. The van der Waals surface area contributed by atoms with E-state index in [1.54, 1.807) is 0 Å². The first-order chi connectivity index (χ1) is 7.32. The van der Waals surface area contributed by atoms with E-state index >= 15 is 0 Å². The van der Waals surface area contributed by atoms with Crippen LogP contribution in [0.3, 0.4) is 0 Å².